The Kier molecular flexibility index (Phi) is 10.4. The van der Waals surface area contributed by atoms with E-state index in [-0.39, 0.29) is 61.7 Å². The standard InChI is InChI=1S/C28H20Cl2N2O7S2/c1-2-37-23(33)15-40-24-14-31-28(41-24)32-25(34)16-11-17(38-26(35)19-7-3-5-9-21(19)29)13-18(12-16)39-27(36)20-8-4-6-10-22(20)30/h3-14H,2,15H2,1H3,(H,31,32,34). The first kappa shape index (κ1) is 30.1. The summed E-state index contributed by atoms with van der Waals surface area (Å²) in [5.74, 6) is -2.59. The summed E-state index contributed by atoms with van der Waals surface area (Å²) in [6.45, 7) is 2.00. The van der Waals surface area contributed by atoms with Crippen molar-refractivity contribution in [1.29, 1.82) is 0 Å². The molecule has 0 bridgehead atoms. The van der Waals surface area contributed by atoms with Gasteiger partial charge in [0.2, 0.25) is 0 Å². The number of rotatable bonds is 10. The van der Waals surface area contributed by atoms with Gasteiger partial charge in [-0.25, -0.2) is 14.6 Å². The maximum atomic E-state index is 13.2. The first-order chi connectivity index (χ1) is 19.7. The lowest BCUT2D eigenvalue weighted by Gasteiger charge is -2.11. The molecule has 1 aromatic heterocycles. The van der Waals surface area contributed by atoms with Crippen molar-refractivity contribution in [3.8, 4) is 11.5 Å². The highest BCUT2D eigenvalue weighted by molar-refractivity contribution is 8.01. The quantitative estimate of drug-likeness (QED) is 0.115. The first-order valence-corrected chi connectivity index (χ1v) is 14.4. The van der Waals surface area contributed by atoms with Crippen LogP contribution in [0.15, 0.2) is 77.1 Å². The predicted molar refractivity (Wildman–Crippen MR) is 157 cm³/mol. The highest BCUT2D eigenvalue weighted by atomic mass is 35.5. The summed E-state index contributed by atoms with van der Waals surface area (Å²) in [7, 11) is 0. The molecule has 1 N–H and O–H groups in total. The molecular formula is C28H20Cl2N2O7S2. The molecule has 4 rings (SSSR count). The first-order valence-electron chi connectivity index (χ1n) is 11.9. The van der Waals surface area contributed by atoms with E-state index in [2.05, 4.69) is 10.3 Å². The summed E-state index contributed by atoms with van der Waals surface area (Å²) in [5, 5.41) is 3.26. The Morgan fingerprint density at radius 3 is 1.98 bits per heavy atom. The zero-order valence-electron chi connectivity index (χ0n) is 21.2. The van der Waals surface area contributed by atoms with Crippen molar-refractivity contribution in [3.05, 3.63) is 99.7 Å². The Balaban J connectivity index is 1.56. The Morgan fingerprint density at radius 1 is 0.878 bits per heavy atom. The van der Waals surface area contributed by atoms with Crippen molar-refractivity contribution in [3.63, 3.8) is 0 Å². The summed E-state index contributed by atoms with van der Waals surface area (Å²) in [4.78, 5) is 54.5. The molecule has 4 aromatic rings. The van der Waals surface area contributed by atoms with Crippen LogP contribution in [0, 0.1) is 0 Å². The summed E-state index contributed by atoms with van der Waals surface area (Å²) < 4.78 is 16.5. The van der Waals surface area contributed by atoms with Crippen LogP contribution in [-0.2, 0) is 9.53 Å². The second kappa shape index (κ2) is 14.1. The molecule has 1 amide bonds. The van der Waals surface area contributed by atoms with Gasteiger partial charge >= 0.3 is 17.9 Å². The number of ether oxygens (including phenoxy) is 3. The van der Waals surface area contributed by atoms with Crippen LogP contribution in [-0.4, -0.2) is 41.2 Å². The molecule has 1 heterocycles. The smallest absolute Gasteiger partial charge is 0.345 e. The van der Waals surface area contributed by atoms with E-state index < -0.39 is 17.8 Å². The number of thiazole rings is 1. The lowest BCUT2D eigenvalue weighted by atomic mass is 10.1. The van der Waals surface area contributed by atoms with Crippen molar-refractivity contribution < 1.29 is 33.4 Å². The molecule has 0 unspecified atom stereocenters. The highest BCUT2D eigenvalue weighted by Gasteiger charge is 2.19. The molecule has 9 nitrogen and oxygen atoms in total. The largest absolute Gasteiger partial charge is 0.465 e. The second-order valence-electron chi connectivity index (χ2n) is 7.96. The normalized spacial score (nSPS) is 10.5. The molecule has 0 aliphatic rings. The van der Waals surface area contributed by atoms with Gasteiger partial charge in [0.1, 0.15) is 11.5 Å². The number of amides is 1. The maximum absolute atomic E-state index is 13.2. The van der Waals surface area contributed by atoms with E-state index in [1.54, 1.807) is 31.2 Å². The number of esters is 3. The third-order valence-corrected chi connectivity index (χ3v) is 7.83. The third kappa shape index (κ3) is 8.30. The number of nitrogens with one attached hydrogen (secondary N) is 1. The number of anilines is 1. The van der Waals surface area contributed by atoms with Gasteiger partial charge in [-0.2, -0.15) is 0 Å². The molecule has 41 heavy (non-hydrogen) atoms. The lowest BCUT2D eigenvalue weighted by molar-refractivity contribution is -0.139. The van der Waals surface area contributed by atoms with Crippen LogP contribution in [0.4, 0.5) is 5.13 Å². The van der Waals surface area contributed by atoms with Crippen molar-refractivity contribution in [1.82, 2.24) is 4.98 Å². The summed E-state index contributed by atoms with van der Waals surface area (Å²) >= 11 is 14.6. The van der Waals surface area contributed by atoms with E-state index in [4.69, 9.17) is 37.4 Å². The van der Waals surface area contributed by atoms with Crippen molar-refractivity contribution >= 4 is 75.2 Å². The van der Waals surface area contributed by atoms with Gasteiger partial charge in [-0.1, -0.05) is 58.8 Å². The van der Waals surface area contributed by atoms with E-state index >= 15 is 0 Å². The highest BCUT2D eigenvalue weighted by Crippen LogP contribution is 2.30. The van der Waals surface area contributed by atoms with Crippen LogP contribution in [0.5, 0.6) is 11.5 Å². The fourth-order valence-electron chi connectivity index (χ4n) is 3.28. The number of benzene rings is 3. The SMILES string of the molecule is CCOC(=O)CSc1cnc(NC(=O)c2cc(OC(=O)c3ccccc3Cl)cc(OC(=O)c3ccccc3Cl)c2)s1. The molecule has 0 radical (unpaired) electrons. The number of carbonyl (C=O) groups is 4. The van der Waals surface area contributed by atoms with Crippen LogP contribution < -0.4 is 14.8 Å². The van der Waals surface area contributed by atoms with E-state index in [0.717, 1.165) is 11.3 Å². The Labute approximate surface area is 252 Å². The molecule has 0 saturated heterocycles. The van der Waals surface area contributed by atoms with Gasteiger partial charge < -0.3 is 14.2 Å². The van der Waals surface area contributed by atoms with Gasteiger partial charge in [0.25, 0.3) is 5.91 Å². The number of hydrogen-bond donors (Lipinski definition) is 1. The van der Waals surface area contributed by atoms with Gasteiger partial charge in [0, 0.05) is 11.6 Å². The monoisotopic (exact) mass is 630 g/mol. The van der Waals surface area contributed by atoms with E-state index in [0.29, 0.717) is 4.21 Å². The van der Waals surface area contributed by atoms with Crippen LogP contribution in [0.3, 0.4) is 0 Å². The Morgan fingerprint density at radius 2 is 1.44 bits per heavy atom. The van der Waals surface area contributed by atoms with Crippen LogP contribution >= 0.6 is 46.3 Å². The van der Waals surface area contributed by atoms with E-state index in [1.807, 2.05) is 0 Å². The topological polar surface area (TPSA) is 121 Å². The number of halogens is 2. The molecule has 0 spiro atoms. The van der Waals surface area contributed by atoms with Gasteiger partial charge in [-0.15, -0.1) is 11.8 Å². The number of carbonyl (C=O) groups excluding carboxylic acids is 4. The fourth-order valence-corrected chi connectivity index (χ4v) is 5.37. The van der Waals surface area contributed by atoms with Crippen LogP contribution in [0.25, 0.3) is 0 Å². The Bertz CT molecular complexity index is 1530. The molecule has 0 aliphatic carbocycles. The molecular weight excluding hydrogens is 611 g/mol. The maximum Gasteiger partial charge on any atom is 0.345 e. The average Bonchev–Trinajstić information content (AvgIpc) is 3.39. The number of aromatic nitrogens is 1. The average molecular weight is 632 g/mol. The van der Waals surface area contributed by atoms with E-state index in [1.165, 1.54) is 60.4 Å². The molecule has 3 aromatic carbocycles. The van der Waals surface area contributed by atoms with Gasteiger partial charge in [0.15, 0.2) is 5.13 Å². The predicted octanol–water partition coefficient (Wildman–Crippen LogP) is 6.80. The minimum absolute atomic E-state index is 0.00680. The molecule has 13 heteroatoms. The van der Waals surface area contributed by atoms with E-state index in [9.17, 15) is 19.2 Å². The number of nitrogens with zero attached hydrogens (tertiary/aromatic N) is 1. The number of thioether (sulfide) groups is 1. The minimum Gasteiger partial charge on any atom is -0.465 e. The second-order valence-corrected chi connectivity index (χ2v) is 11.1. The van der Waals surface area contributed by atoms with Gasteiger partial charge in [-0.3, -0.25) is 14.9 Å². The molecule has 0 aliphatic heterocycles. The molecule has 0 saturated carbocycles. The zero-order valence-corrected chi connectivity index (χ0v) is 24.4. The van der Waals surface area contributed by atoms with Gasteiger partial charge in [-0.05, 0) is 43.3 Å². The minimum atomic E-state index is -0.778. The van der Waals surface area contributed by atoms with Crippen LogP contribution in [0.1, 0.15) is 38.0 Å². The fraction of sp³-hybridized carbons (Fsp3) is 0.107. The van der Waals surface area contributed by atoms with Crippen LogP contribution in [0.2, 0.25) is 10.0 Å². The lowest BCUT2D eigenvalue weighted by Crippen LogP contribution is -2.15. The Hall–Kier alpha value is -3.90. The van der Waals surface area contributed by atoms with Crippen molar-refractivity contribution in [2.24, 2.45) is 0 Å². The summed E-state index contributed by atoms with van der Waals surface area (Å²) in [6, 6.07) is 16.5. The van der Waals surface area contributed by atoms with Crippen molar-refractivity contribution in [2.45, 2.75) is 11.1 Å². The van der Waals surface area contributed by atoms with Crippen molar-refractivity contribution in [2.75, 3.05) is 17.7 Å². The number of hydrogen-bond acceptors (Lipinski definition) is 10. The molecule has 0 atom stereocenters. The van der Waals surface area contributed by atoms with Gasteiger partial charge in [0.05, 0.1) is 43.9 Å². The third-order valence-electron chi connectivity index (χ3n) is 5.09. The molecule has 0 fully saturated rings. The zero-order chi connectivity index (χ0) is 29.4. The molecule has 210 valence electrons. The summed E-state index contributed by atoms with van der Waals surface area (Å²) in [6.07, 6.45) is 1.52. The summed E-state index contributed by atoms with van der Waals surface area (Å²) in [5.41, 5.74) is 0.218.